The highest BCUT2D eigenvalue weighted by Crippen LogP contribution is 2.30. The van der Waals surface area contributed by atoms with Gasteiger partial charge in [0.25, 0.3) is 0 Å². The predicted octanol–water partition coefficient (Wildman–Crippen LogP) is 2.10. The zero-order valence-electron chi connectivity index (χ0n) is 11.3. The number of hydrogen-bond acceptors (Lipinski definition) is 4. The number of ether oxygens (including phenoxy) is 1. The summed E-state index contributed by atoms with van der Waals surface area (Å²) in [5, 5.41) is 21.5. The third kappa shape index (κ3) is 4.92. The molecule has 0 saturated heterocycles. The van der Waals surface area contributed by atoms with E-state index in [1.54, 1.807) is 0 Å². The number of carbonyl (C=O) groups is 1. The van der Waals surface area contributed by atoms with Gasteiger partial charge in [0.1, 0.15) is 5.60 Å². The van der Waals surface area contributed by atoms with Crippen molar-refractivity contribution in [3.8, 4) is 6.07 Å². The molecular weight excluding hydrogens is 232 g/mol. The fourth-order valence-electron chi connectivity index (χ4n) is 2.10. The minimum Gasteiger partial charge on any atom is -0.444 e. The van der Waals surface area contributed by atoms with Crippen molar-refractivity contribution in [2.75, 3.05) is 0 Å². The smallest absolute Gasteiger partial charge is 0.407 e. The molecule has 1 rings (SSSR count). The molecule has 0 aromatic rings. The van der Waals surface area contributed by atoms with Gasteiger partial charge < -0.3 is 15.2 Å². The van der Waals surface area contributed by atoms with Crippen molar-refractivity contribution < 1.29 is 14.6 Å². The van der Waals surface area contributed by atoms with E-state index in [1.165, 1.54) is 0 Å². The molecule has 5 heteroatoms. The van der Waals surface area contributed by atoms with Gasteiger partial charge >= 0.3 is 6.09 Å². The summed E-state index contributed by atoms with van der Waals surface area (Å²) in [6.07, 6.45) is 2.18. The summed E-state index contributed by atoms with van der Waals surface area (Å²) < 4.78 is 5.18. The first kappa shape index (κ1) is 14.8. The van der Waals surface area contributed by atoms with Crippen molar-refractivity contribution in [1.82, 2.24) is 5.32 Å². The maximum Gasteiger partial charge on any atom is 0.407 e. The van der Waals surface area contributed by atoms with E-state index in [4.69, 9.17) is 10.00 Å². The van der Waals surface area contributed by atoms with Gasteiger partial charge in [0.15, 0.2) is 0 Å². The first-order chi connectivity index (χ1) is 8.24. The molecule has 0 radical (unpaired) electrons. The van der Waals surface area contributed by atoms with Gasteiger partial charge in [-0.1, -0.05) is 0 Å². The number of alkyl carbamates (subject to hydrolysis) is 1. The first-order valence-corrected chi connectivity index (χ1v) is 6.33. The third-order valence-electron chi connectivity index (χ3n) is 3.05. The molecule has 0 aliphatic heterocycles. The zero-order valence-corrected chi connectivity index (χ0v) is 11.3. The largest absolute Gasteiger partial charge is 0.444 e. The van der Waals surface area contributed by atoms with Crippen LogP contribution in [0, 0.1) is 11.3 Å². The number of rotatable bonds is 2. The molecule has 1 saturated carbocycles. The highest BCUT2D eigenvalue weighted by molar-refractivity contribution is 5.68. The fraction of sp³-hybridized carbons (Fsp3) is 0.846. The van der Waals surface area contributed by atoms with Gasteiger partial charge in [-0.15, -0.1) is 0 Å². The SMILES string of the molecule is CC(C)(C)OC(=O)NC1CCC(O)(CC#N)CC1. The molecule has 0 bridgehead atoms. The maximum absolute atomic E-state index is 11.6. The van der Waals surface area contributed by atoms with Crippen molar-refractivity contribution >= 4 is 6.09 Å². The van der Waals surface area contributed by atoms with Crippen LogP contribution in [0.5, 0.6) is 0 Å². The minimum atomic E-state index is -0.874. The van der Waals surface area contributed by atoms with Crippen LogP contribution >= 0.6 is 0 Å². The Hall–Kier alpha value is -1.28. The Labute approximate surface area is 108 Å². The Morgan fingerprint density at radius 2 is 2.06 bits per heavy atom. The second-order valence-corrected chi connectivity index (χ2v) is 5.98. The predicted molar refractivity (Wildman–Crippen MR) is 66.8 cm³/mol. The van der Waals surface area contributed by atoms with E-state index in [2.05, 4.69) is 5.32 Å². The van der Waals surface area contributed by atoms with Crippen LogP contribution in [-0.4, -0.2) is 28.4 Å². The summed E-state index contributed by atoms with van der Waals surface area (Å²) in [6, 6.07) is 2.03. The molecule has 2 N–H and O–H groups in total. The fourth-order valence-corrected chi connectivity index (χ4v) is 2.10. The van der Waals surface area contributed by atoms with E-state index < -0.39 is 17.3 Å². The van der Waals surface area contributed by atoms with Gasteiger partial charge in [-0.05, 0) is 46.5 Å². The second-order valence-electron chi connectivity index (χ2n) is 5.98. The van der Waals surface area contributed by atoms with Crippen LogP contribution in [0.15, 0.2) is 0 Å². The summed E-state index contributed by atoms with van der Waals surface area (Å²) >= 11 is 0. The standard InChI is InChI=1S/C13H22N2O3/c1-12(2,3)18-11(16)15-10-4-6-13(17,7-5-10)8-9-14/h10,17H,4-8H2,1-3H3,(H,15,16). The van der Waals surface area contributed by atoms with Crippen LogP contribution in [0.3, 0.4) is 0 Å². The quantitative estimate of drug-likeness (QED) is 0.790. The summed E-state index contributed by atoms with van der Waals surface area (Å²) in [7, 11) is 0. The minimum absolute atomic E-state index is 0.0267. The highest BCUT2D eigenvalue weighted by Gasteiger charge is 2.34. The molecule has 1 fully saturated rings. The summed E-state index contributed by atoms with van der Waals surface area (Å²) in [6.45, 7) is 5.46. The number of hydrogen-bond donors (Lipinski definition) is 2. The lowest BCUT2D eigenvalue weighted by Gasteiger charge is -2.34. The van der Waals surface area contributed by atoms with Crippen LogP contribution in [0.1, 0.15) is 52.9 Å². The second kappa shape index (κ2) is 5.57. The van der Waals surface area contributed by atoms with Crippen LogP contribution in [0.2, 0.25) is 0 Å². The molecule has 1 aliphatic carbocycles. The molecule has 0 atom stereocenters. The molecule has 102 valence electrons. The Morgan fingerprint density at radius 3 is 2.50 bits per heavy atom. The van der Waals surface area contributed by atoms with E-state index in [1.807, 2.05) is 26.8 Å². The molecule has 1 aliphatic rings. The molecule has 0 unspecified atom stereocenters. The van der Waals surface area contributed by atoms with E-state index in [0.29, 0.717) is 25.7 Å². The maximum atomic E-state index is 11.6. The van der Waals surface area contributed by atoms with Crippen LogP contribution < -0.4 is 5.32 Å². The monoisotopic (exact) mass is 254 g/mol. The van der Waals surface area contributed by atoms with Crippen molar-refractivity contribution in [3.63, 3.8) is 0 Å². The number of aliphatic hydroxyl groups is 1. The molecule has 0 aromatic heterocycles. The van der Waals surface area contributed by atoms with E-state index in [-0.39, 0.29) is 12.5 Å². The topological polar surface area (TPSA) is 82.3 Å². The third-order valence-corrected chi connectivity index (χ3v) is 3.05. The van der Waals surface area contributed by atoms with Gasteiger partial charge in [0, 0.05) is 6.04 Å². The summed E-state index contributed by atoms with van der Waals surface area (Å²) in [4.78, 5) is 11.6. The van der Waals surface area contributed by atoms with Crippen molar-refractivity contribution in [2.24, 2.45) is 0 Å². The van der Waals surface area contributed by atoms with Gasteiger partial charge in [-0.3, -0.25) is 0 Å². The number of nitriles is 1. The lowest BCUT2D eigenvalue weighted by molar-refractivity contribution is -0.00232. The first-order valence-electron chi connectivity index (χ1n) is 6.33. The van der Waals surface area contributed by atoms with Crippen LogP contribution in [-0.2, 0) is 4.74 Å². The van der Waals surface area contributed by atoms with Crippen LogP contribution in [0.4, 0.5) is 4.79 Å². The summed E-state index contributed by atoms with van der Waals surface area (Å²) in [5.74, 6) is 0. The molecule has 0 heterocycles. The van der Waals surface area contributed by atoms with E-state index in [0.717, 1.165) is 0 Å². The molecule has 0 aromatic carbocycles. The Kier molecular flexibility index (Phi) is 4.58. The Morgan fingerprint density at radius 1 is 1.50 bits per heavy atom. The van der Waals surface area contributed by atoms with Crippen molar-refractivity contribution in [1.29, 1.82) is 5.26 Å². The molecule has 18 heavy (non-hydrogen) atoms. The van der Waals surface area contributed by atoms with Crippen molar-refractivity contribution in [3.05, 3.63) is 0 Å². The average Bonchev–Trinajstić information content (AvgIpc) is 2.19. The zero-order chi connectivity index (χ0) is 13.8. The molecule has 0 spiro atoms. The van der Waals surface area contributed by atoms with Gasteiger partial charge in [-0.2, -0.15) is 5.26 Å². The average molecular weight is 254 g/mol. The molecule has 5 nitrogen and oxygen atoms in total. The number of carbonyl (C=O) groups excluding carboxylic acids is 1. The highest BCUT2D eigenvalue weighted by atomic mass is 16.6. The number of nitrogens with zero attached hydrogens (tertiary/aromatic N) is 1. The normalized spacial score (nSPS) is 28.3. The van der Waals surface area contributed by atoms with Gasteiger partial charge in [-0.25, -0.2) is 4.79 Å². The number of amides is 1. The lowest BCUT2D eigenvalue weighted by Crippen LogP contribution is -2.44. The van der Waals surface area contributed by atoms with Crippen LogP contribution in [0.25, 0.3) is 0 Å². The van der Waals surface area contributed by atoms with E-state index in [9.17, 15) is 9.90 Å². The molecular formula is C13H22N2O3. The van der Waals surface area contributed by atoms with E-state index >= 15 is 0 Å². The van der Waals surface area contributed by atoms with Gasteiger partial charge in [0.05, 0.1) is 18.1 Å². The Bertz CT molecular complexity index is 333. The lowest BCUT2D eigenvalue weighted by atomic mass is 9.80. The van der Waals surface area contributed by atoms with Crippen molar-refractivity contribution in [2.45, 2.75) is 70.1 Å². The summed E-state index contributed by atoms with van der Waals surface area (Å²) in [5.41, 5.74) is -1.37. The number of nitrogens with one attached hydrogen (secondary N) is 1. The Balaban J connectivity index is 2.36. The van der Waals surface area contributed by atoms with Gasteiger partial charge in [0.2, 0.25) is 0 Å². The molecule has 1 amide bonds.